The summed E-state index contributed by atoms with van der Waals surface area (Å²) in [6.45, 7) is 4.05. The lowest BCUT2D eigenvalue weighted by atomic mass is 9.94. The number of carbonyl (C=O) groups excluding carboxylic acids is 1. The Morgan fingerprint density at radius 2 is 1.67 bits per heavy atom. The normalized spacial score (nSPS) is 12.6. The van der Waals surface area contributed by atoms with Crippen molar-refractivity contribution in [3.05, 3.63) is 60.2 Å². The Labute approximate surface area is 181 Å². The minimum absolute atomic E-state index is 0.0216. The number of nitrogens with one attached hydrogen (secondary N) is 1. The van der Waals surface area contributed by atoms with Crippen LogP contribution in [-0.4, -0.2) is 44.8 Å². The first kappa shape index (κ1) is 23.5. The fraction of sp³-hybridized carbons (Fsp3) is 0.375. The first-order chi connectivity index (χ1) is 14.4. The summed E-state index contributed by atoms with van der Waals surface area (Å²) in [7, 11) is 1.68. The van der Waals surface area contributed by atoms with Gasteiger partial charge in [0.2, 0.25) is 0 Å². The molecule has 0 spiro atoms. The van der Waals surface area contributed by atoms with Crippen LogP contribution in [0, 0.1) is 5.92 Å². The highest BCUT2D eigenvalue weighted by atomic mass is 28.1. The van der Waals surface area contributed by atoms with Gasteiger partial charge >= 0.3 is 11.9 Å². The van der Waals surface area contributed by atoms with Crippen molar-refractivity contribution in [3.63, 3.8) is 0 Å². The topological polar surface area (TPSA) is 75.6 Å². The van der Waals surface area contributed by atoms with Crippen molar-refractivity contribution in [1.29, 1.82) is 0 Å². The van der Waals surface area contributed by atoms with Crippen LogP contribution in [0.15, 0.2) is 54.6 Å². The van der Waals surface area contributed by atoms with Gasteiger partial charge in [-0.2, -0.15) is 0 Å². The van der Waals surface area contributed by atoms with E-state index in [2.05, 4.69) is 41.7 Å². The van der Waals surface area contributed by atoms with Crippen molar-refractivity contribution < 1.29 is 19.4 Å². The fourth-order valence-corrected chi connectivity index (χ4v) is 3.83. The third-order valence-corrected chi connectivity index (χ3v) is 5.48. The summed E-state index contributed by atoms with van der Waals surface area (Å²) in [5.74, 6) is -1.25. The van der Waals surface area contributed by atoms with Crippen LogP contribution in [0.5, 0.6) is 0 Å². The summed E-state index contributed by atoms with van der Waals surface area (Å²) in [4.78, 5) is 23.0. The molecular weight excluding hydrogens is 394 g/mol. The maximum absolute atomic E-state index is 12.1. The molecule has 2 rings (SSSR count). The lowest BCUT2D eigenvalue weighted by Crippen LogP contribution is -2.39. The Morgan fingerprint density at radius 1 is 1.03 bits per heavy atom. The van der Waals surface area contributed by atoms with E-state index in [1.165, 1.54) is 5.56 Å². The summed E-state index contributed by atoms with van der Waals surface area (Å²) in [6.07, 6.45) is 1.94. The third-order valence-electron chi connectivity index (χ3n) is 4.92. The highest BCUT2D eigenvalue weighted by Gasteiger charge is 2.21. The SMILES string of the molecule is CCOC(=O)[C@H](C)CC(Cc1ccc(-c2ccccc2)cc1)NC(=[SiH2])CCC(=O)O. The number of carboxylic acids is 1. The molecule has 5 nitrogen and oxygen atoms in total. The molecular formula is C24H31NO4Si. The molecule has 0 radical (unpaired) electrons. The minimum atomic E-state index is -0.811. The first-order valence-corrected chi connectivity index (χ1v) is 11.1. The van der Waals surface area contributed by atoms with Gasteiger partial charge in [0.25, 0.3) is 0 Å². The van der Waals surface area contributed by atoms with E-state index in [9.17, 15) is 9.59 Å². The molecule has 30 heavy (non-hydrogen) atoms. The van der Waals surface area contributed by atoms with E-state index in [1.54, 1.807) is 16.8 Å². The van der Waals surface area contributed by atoms with E-state index in [1.807, 2.05) is 25.1 Å². The second kappa shape index (κ2) is 12.1. The molecule has 2 aromatic rings. The molecule has 2 N–H and O–H groups in total. The van der Waals surface area contributed by atoms with Crippen LogP contribution in [0.2, 0.25) is 0 Å². The molecule has 6 heteroatoms. The van der Waals surface area contributed by atoms with Gasteiger partial charge in [0.15, 0.2) is 0 Å². The van der Waals surface area contributed by atoms with Crippen molar-refractivity contribution >= 4 is 27.1 Å². The third kappa shape index (κ3) is 7.95. The molecule has 0 aliphatic heterocycles. The fourth-order valence-electron chi connectivity index (χ4n) is 3.37. The number of hydrogen-bond acceptors (Lipinski definition) is 4. The van der Waals surface area contributed by atoms with E-state index in [-0.39, 0.29) is 24.3 Å². The van der Waals surface area contributed by atoms with Gasteiger partial charge in [-0.25, -0.2) is 0 Å². The standard InChI is InChI=1S/C24H31NO4Si/c1-3-29-24(28)17(2)15-21(25-22(30)13-14-23(26)27)16-18-9-11-20(12-10-18)19-7-5-4-6-8-19/h4-12,17,21,25H,3,13-16,30H2,1-2H3,(H,26,27)/t17-,21?/m1/s1. The van der Waals surface area contributed by atoms with Gasteiger partial charge in [-0.15, -0.1) is 0 Å². The quantitative estimate of drug-likeness (QED) is 0.404. The van der Waals surface area contributed by atoms with E-state index in [0.29, 0.717) is 19.4 Å². The highest BCUT2D eigenvalue weighted by molar-refractivity contribution is 6.37. The molecule has 0 aromatic heterocycles. The second-order valence-corrected chi connectivity index (χ2v) is 8.35. The number of ether oxygens (including phenoxy) is 1. The van der Waals surface area contributed by atoms with Gasteiger partial charge < -0.3 is 15.2 Å². The van der Waals surface area contributed by atoms with Gasteiger partial charge in [-0.05, 0) is 48.2 Å². The molecule has 0 bridgehead atoms. The number of carbonyl (C=O) groups is 2. The largest absolute Gasteiger partial charge is 0.481 e. The van der Waals surface area contributed by atoms with E-state index < -0.39 is 5.97 Å². The lowest BCUT2D eigenvalue weighted by molar-refractivity contribution is -0.147. The number of rotatable bonds is 12. The zero-order valence-corrected chi connectivity index (χ0v) is 19.2. The Hall–Kier alpha value is -2.73. The molecule has 160 valence electrons. The molecule has 0 saturated heterocycles. The van der Waals surface area contributed by atoms with Gasteiger partial charge in [0.1, 0.15) is 0 Å². The molecule has 1 unspecified atom stereocenters. The van der Waals surface area contributed by atoms with Gasteiger partial charge in [0, 0.05) is 15.9 Å². The molecule has 0 aliphatic carbocycles. The van der Waals surface area contributed by atoms with Crippen LogP contribution >= 0.6 is 0 Å². The summed E-state index contributed by atoms with van der Waals surface area (Å²) in [5.41, 5.74) is 3.50. The molecule has 0 fully saturated rings. The predicted octanol–water partition coefficient (Wildman–Crippen LogP) is 3.07. The van der Waals surface area contributed by atoms with E-state index in [0.717, 1.165) is 22.8 Å². The van der Waals surface area contributed by atoms with Gasteiger partial charge in [-0.3, -0.25) is 9.59 Å². The van der Waals surface area contributed by atoms with Crippen LogP contribution in [0.25, 0.3) is 11.1 Å². The maximum Gasteiger partial charge on any atom is 0.308 e. The second-order valence-electron chi connectivity index (χ2n) is 7.49. The summed E-state index contributed by atoms with van der Waals surface area (Å²) >= 11 is 0. The molecule has 0 amide bonds. The minimum Gasteiger partial charge on any atom is -0.481 e. The van der Waals surface area contributed by atoms with Crippen LogP contribution in [0.3, 0.4) is 0 Å². The molecule has 2 aromatic carbocycles. The summed E-state index contributed by atoms with van der Waals surface area (Å²) < 4.78 is 5.15. The van der Waals surface area contributed by atoms with E-state index >= 15 is 0 Å². The average Bonchev–Trinajstić information content (AvgIpc) is 2.73. The smallest absolute Gasteiger partial charge is 0.308 e. The highest BCUT2D eigenvalue weighted by Crippen LogP contribution is 2.21. The van der Waals surface area contributed by atoms with Crippen molar-refractivity contribution in [2.75, 3.05) is 6.61 Å². The van der Waals surface area contributed by atoms with Gasteiger partial charge in [-0.1, -0.05) is 61.5 Å². The van der Waals surface area contributed by atoms with Crippen LogP contribution in [-0.2, 0) is 20.7 Å². The molecule has 0 saturated carbocycles. The Kier molecular flexibility index (Phi) is 9.48. The predicted molar refractivity (Wildman–Crippen MR) is 123 cm³/mol. The number of carboxylic acid groups (broad SMARTS) is 1. The zero-order valence-electron chi connectivity index (χ0n) is 17.8. The Bertz CT molecular complexity index is 836. The molecule has 2 atom stereocenters. The van der Waals surface area contributed by atoms with Crippen molar-refractivity contribution in [2.45, 2.75) is 45.6 Å². The van der Waals surface area contributed by atoms with Gasteiger partial charge in [0.05, 0.1) is 18.9 Å². The molecule has 0 aliphatic rings. The average molecular weight is 426 g/mol. The maximum atomic E-state index is 12.1. The van der Waals surface area contributed by atoms with Crippen LogP contribution in [0.4, 0.5) is 0 Å². The number of aliphatic carboxylic acids is 1. The zero-order chi connectivity index (χ0) is 21.9. The summed E-state index contributed by atoms with van der Waals surface area (Å²) in [6, 6.07) is 18.7. The van der Waals surface area contributed by atoms with Crippen LogP contribution < -0.4 is 5.32 Å². The molecule has 0 heterocycles. The number of hydrogen-bond donors (Lipinski definition) is 2. The Morgan fingerprint density at radius 3 is 2.27 bits per heavy atom. The summed E-state index contributed by atoms with van der Waals surface area (Å²) in [5, 5.41) is 13.3. The first-order valence-electron chi connectivity index (χ1n) is 10.4. The van der Waals surface area contributed by atoms with Crippen LogP contribution in [0.1, 0.15) is 38.7 Å². The number of benzene rings is 2. The number of esters is 1. The van der Waals surface area contributed by atoms with E-state index in [4.69, 9.17) is 9.84 Å². The Balaban J connectivity index is 2.07. The monoisotopic (exact) mass is 425 g/mol. The van der Waals surface area contributed by atoms with Crippen molar-refractivity contribution in [3.8, 4) is 11.1 Å². The lowest BCUT2D eigenvalue weighted by Gasteiger charge is -2.24. The van der Waals surface area contributed by atoms with Crippen molar-refractivity contribution in [1.82, 2.24) is 5.32 Å². The van der Waals surface area contributed by atoms with Crippen molar-refractivity contribution in [2.24, 2.45) is 5.92 Å².